The van der Waals surface area contributed by atoms with Crippen LogP contribution in [0.15, 0.2) is 60.8 Å². The molecule has 1 aromatic heterocycles. The minimum atomic E-state index is 0.107. The monoisotopic (exact) mass is 392 g/mol. The standard InChI is InChI=1S/C24H28N2O3/c1-27-19-12-11-18(23(16-19)29-3)17-26-15-7-14-25-13-6-9-21(25)24(26)20-8-4-5-10-22(20)28-2/h4-6,8-13,16,24H,7,14-15,17H2,1-3H3. The molecule has 1 atom stereocenters. The largest absolute Gasteiger partial charge is 0.497 e. The SMILES string of the molecule is COc1ccc(CN2CCCn3cccc3C2c2ccccc2OC)c(OC)c1. The van der Waals surface area contributed by atoms with Gasteiger partial charge in [0.1, 0.15) is 17.2 Å². The van der Waals surface area contributed by atoms with Crippen LogP contribution in [0.2, 0.25) is 0 Å². The van der Waals surface area contributed by atoms with Crippen molar-refractivity contribution in [2.24, 2.45) is 0 Å². The average Bonchev–Trinajstić information content (AvgIpc) is 3.15. The highest BCUT2D eigenvalue weighted by atomic mass is 16.5. The summed E-state index contributed by atoms with van der Waals surface area (Å²) >= 11 is 0. The van der Waals surface area contributed by atoms with E-state index in [2.05, 4.69) is 46.0 Å². The van der Waals surface area contributed by atoms with Gasteiger partial charge >= 0.3 is 0 Å². The molecule has 0 spiro atoms. The van der Waals surface area contributed by atoms with E-state index < -0.39 is 0 Å². The van der Waals surface area contributed by atoms with Gasteiger partial charge in [-0.25, -0.2) is 0 Å². The summed E-state index contributed by atoms with van der Waals surface area (Å²) in [5.74, 6) is 2.57. The molecule has 5 nitrogen and oxygen atoms in total. The number of ether oxygens (including phenoxy) is 3. The quantitative estimate of drug-likeness (QED) is 0.618. The Morgan fingerprint density at radius 3 is 2.48 bits per heavy atom. The molecule has 4 rings (SSSR count). The van der Waals surface area contributed by atoms with Crippen LogP contribution in [0.4, 0.5) is 0 Å². The smallest absolute Gasteiger partial charge is 0.127 e. The van der Waals surface area contributed by atoms with Crippen LogP contribution in [0.25, 0.3) is 0 Å². The fourth-order valence-electron chi connectivity index (χ4n) is 4.26. The Balaban J connectivity index is 1.77. The molecule has 0 saturated carbocycles. The van der Waals surface area contributed by atoms with Crippen molar-refractivity contribution < 1.29 is 14.2 Å². The first-order valence-corrected chi connectivity index (χ1v) is 9.98. The molecule has 5 heteroatoms. The summed E-state index contributed by atoms with van der Waals surface area (Å²) in [6.07, 6.45) is 3.26. The third-order valence-electron chi connectivity index (χ3n) is 5.66. The number of nitrogens with zero attached hydrogens (tertiary/aromatic N) is 2. The van der Waals surface area contributed by atoms with Crippen LogP contribution in [0, 0.1) is 0 Å². The van der Waals surface area contributed by atoms with Crippen molar-refractivity contribution in [1.82, 2.24) is 9.47 Å². The van der Waals surface area contributed by atoms with Gasteiger partial charge in [0.05, 0.1) is 27.4 Å². The summed E-state index contributed by atoms with van der Waals surface area (Å²) in [5.41, 5.74) is 3.62. The van der Waals surface area contributed by atoms with E-state index in [1.165, 1.54) is 11.3 Å². The molecule has 2 heterocycles. The maximum Gasteiger partial charge on any atom is 0.127 e. The van der Waals surface area contributed by atoms with Gasteiger partial charge in [-0.3, -0.25) is 4.90 Å². The van der Waals surface area contributed by atoms with Gasteiger partial charge in [0, 0.05) is 48.7 Å². The number of para-hydroxylation sites is 1. The van der Waals surface area contributed by atoms with Crippen molar-refractivity contribution in [3.8, 4) is 17.2 Å². The highest BCUT2D eigenvalue weighted by molar-refractivity contribution is 5.43. The van der Waals surface area contributed by atoms with Crippen molar-refractivity contribution in [2.45, 2.75) is 25.6 Å². The molecule has 1 unspecified atom stereocenters. The third-order valence-corrected chi connectivity index (χ3v) is 5.66. The highest BCUT2D eigenvalue weighted by Crippen LogP contribution is 2.38. The lowest BCUT2D eigenvalue weighted by atomic mass is 9.99. The molecule has 2 aromatic carbocycles. The van der Waals surface area contributed by atoms with Crippen LogP contribution < -0.4 is 14.2 Å². The van der Waals surface area contributed by atoms with E-state index in [1.807, 2.05) is 24.3 Å². The van der Waals surface area contributed by atoms with Gasteiger partial charge in [0.2, 0.25) is 0 Å². The summed E-state index contributed by atoms with van der Waals surface area (Å²) in [6.45, 7) is 2.78. The minimum absolute atomic E-state index is 0.107. The summed E-state index contributed by atoms with van der Waals surface area (Å²) in [7, 11) is 5.13. The maximum atomic E-state index is 5.73. The van der Waals surface area contributed by atoms with E-state index in [1.54, 1.807) is 21.3 Å². The molecule has 29 heavy (non-hydrogen) atoms. The number of rotatable bonds is 6. The highest BCUT2D eigenvalue weighted by Gasteiger charge is 2.30. The van der Waals surface area contributed by atoms with Gasteiger partial charge in [-0.15, -0.1) is 0 Å². The number of fused-ring (bicyclic) bond motifs is 1. The maximum absolute atomic E-state index is 5.73. The van der Waals surface area contributed by atoms with Crippen LogP contribution in [-0.4, -0.2) is 37.3 Å². The Morgan fingerprint density at radius 1 is 0.862 bits per heavy atom. The van der Waals surface area contributed by atoms with E-state index in [0.717, 1.165) is 48.9 Å². The molecule has 1 aliphatic rings. The summed E-state index contributed by atoms with van der Waals surface area (Å²) in [4.78, 5) is 2.51. The number of benzene rings is 2. The molecule has 0 fully saturated rings. The lowest BCUT2D eigenvalue weighted by Crippen LogP contribution is -2.30. The van der Waals surface area contributed by atoms with E-state index >= 15 is 0 Å². The second-order valence-corrected chi connectivity index (χ2v) is 7.27. The topological polar surface area (TPSA) is 35.9 Å². The van der Waals surface area contributed by atoms with Crippen LogP contribution in [-0.2, 0) is 13.1 Å². The number of hydrogen-bond donors (Lipinski definition) is 0. The van der Waals surface area contributed by atoms with Gasteiger partial charge in [-0.1, -0.05) is 24.3 Å². The normalized spacial score (nSPS) is 16.7. The molecule has 0 N–H and O–H groups in total. The molecule has 0 radical (unpaired) electrons. The van der Waals surface area contributed by atoms with E-state index in [-0.39, 0.29) is 6.04 Å². The summed E-state index contributed by atoms with van der Waals surface area (Å²) in [6, 6.07) is 18.8. The predicted molar refractivity (Wildman–Crippen MR) is 114 cm³/mol. The van der Waals surface area contributed by atoms with E-state index in [9.17, 15) is 0 Å². The molecule has 0 amide bonds. The zero-order chi connectivity index (χ0) is 20.2. The zero-order valence-corrected chi connectivity index (χ0v) is 17.3. The number of aromatic nitrogens is 1. The van der Waals surface area contributed by atoms with Gasteiger partial charge < -0.3 is 18.8 Å². The first-order valence-electron chi connectivity index (χ1n) is 9.98. The molecule has 1 aliphatic heterocycles. The number of aryl methyl sites for hydroxylation is 1. The van der Waals surface area contributed by atoms with Crippen molar-refractivity contribution in [1.29, 1.82) is 0 Å². The molecule has 0 aliphatic carbocycles. The number of methoxy groups -OCH3 is 3. The van der Waals surface area contributed by atoms with Crippen LogP contribution >= 0.6 is 0 Å². The molecule has 152 valence electrons. The fourth-order valence-corrected chi connectivity index (χ4v) is 4.26. The van der Waals surface area contributed by atoms with Crippen LogP contribution in [0.1, 0.15) is 29.3 Å². The first-order chi connectivity index (χ1) is 14.2. The molecular weight excluding hydrogens is 364 g/mol. The molecule has 0 bridgehead atoms. The summed E-state index contributed by atoms with van der Waals surface area (Å²) in [5, 5.41) is 0. The Hall–Kier alpha value is -2.92. The predicted octanol–water partition coefficient (Wildman–Crippen LogP) is 4.51. The Kier molecular flexibility index (Phi) is 5.76. The van der Waals surface area contributed by atoms with Crippen molar-refractivity contribution in [2.75, 3.05) is 27.9 Å². The second kappa shape index (κ2) is 8.62. The van der Waals surface area contributed by atoms with Gasteiger partial charge in [-0.2, -0.15) is 0 Å². The lowest BCUT2D eigenvalue weighted by molar-refractivity contribution is 0.213. The van der Waals surface area contributed by atoms with Crippen molar-refractivity contribution in [3.05, 3.63) is 77.6 Å². The molecule has 3 aromatic rings. The van der Waals surface area contributed by atoms with Crippen LogP contribution in [0.5, 0.6) is 17.2 Å². The van der Waals surface area contributed by atoms with Gasteiger partial charge in [-0.05, 0) is 30.7 Å². The number of hydrogen-bond acceptors (Lipinski definition) is 4. The van der Waals surface area contributed by atoms with Gasteiger partial charge in [0.25, 0.3) is 0 Å². The van der Waals surface area contributed by atoms with E-state index in [4.69, 9.17) is 14.2 Å². The Morgan fingerprint density at radius 2 is 1.69 bits per heavy atom. The van der Waals surface area contributed by atoms with Gasteiger partial charge in [0.15, 0.2) is 0 Å². The first kappa shape index (κ1) is 19.4. The average molecular weight is 392 g/mol. The van der Waals surface area contributed by atoms with Crippen LogP contribution in [0.3, 0.4) is 0 Å². The fraction of sp³-hybridized carbons (Fsp3) is 0.333. The Labute approximate surface area is 172 Å². The molecular formula is C24H28N2O3. The zero-order valence-electron chi connectivity index (χ0n) is 17.3. The molecule has 0 saturated heterocycles. The summed E-state index contributed by atoms with van der Waals surface area (Å²) < 4.78 is 19.1. The third kappa shape index (κ3) is 3.83. The van der Waals surface area contributed by atoms with Crippen molar-refractivity contribution >= 4 is 0 Å². The van der Waals surface area contributed by atoms with Crippen molar-refractivity contribution in [3.63, 3.8) is 0 Å². The van der Waals surface area contributed by atoms with E-state index in [0.29, 0.717) is 0 Å². The lowest BCUT2D eigenvalue weighted by Gasteiger charge is -2.32. The minimum Gasteiger partial charge on any atom is -0.497 e. The second-order valence-electron chi connectivity index (χ2n) is 7.27. The Bertz CT molecular complexity index is 966.